The number of carboxylic acid groups (broad SMARTS) is 2. The number of aromatic carboxylic acids is 2. The Kier molecular flexibility index (Phi) is 8.91. The number of aryl methyl sites for hydroxylation is 2. The van der Waals surface area contributed by atoms with Crippen LogP contribution in [0.1, 0.15) is 33.8 Å². The van der Waals surface area contributed by atoms with Crippen LogP contribution in [0.5, 0.6) is 0 Å². The Hall–Kier alpha value is -1.68. The number of carbonyl (C=O) groups is 2. The molecule has 0 atom stereocenters. The van der Waals surface area contributed by atoms with Gasteiger partial charge in [0.05, 0.1) is 14.1 Å². The lowest BCUT2D eigenvalue weighted by Crippen LogP contribution is -3.00. The van der Waals surface area contributed by atoms with Gasteiger partial charge in [0, 0.05) is 25.0 Å². The fourth-order valence-electron chi connectivity index (χ4n) is 2.42. The van der Waals surface area contributed by atoms with Gasteiger partial charge in [0.15, 0.2) is 36.9 Å². The molecule has 0 unspecified atom stereocenters. The molecule has 0 spiro atoms. The van der Waals surface area contributed by atoms with E-state index in [1.54, 1.807) is 48.0 Å². The largest absolute Gasteiger partial charge is 1.00 e. The molecule has 10 heteroatoms. The van der Waals surface area contributed by atoms with E-state index >= 15 is 0 Å². The van der Waals surface area contributed by atoms with Crippen LogP contribution >= 0.6 is 0 Å². The van der Waals surface area contributed by atoms with Crippen molar-refractivity contribution in [2.45, 2.75) is 25.9 Å². The summed E-state index contributed by atoms with van der Waals surface area (Å²) >= 11 is 0. The third-order valence-electron chi connectivity index (χ3n) is 3.74. The molecule has 2 heterocycles. The normalized spacial score (nSPS) is 9.92. The Labute approximate surface area is 160 Å². The zero-order chi connectivity index (χ0) is 16.3. The van der Waals surface area contributed by atoms with Crippen LogP contribution in [0.25, 0.3) is 0 Å². The summed E-state index contributed by atoms with van der Waals surface area (Å²) in [5, 5.41) is 18.0. The van der Waals surface area contributed by atoms with Crippen molar-refractivity contribution in [1.29, 1.82) is 0 Å². The summed E-state index contributed by atoms with van der Waals surface area (Å²) < 4.78 is 6.92. The van der Waals surface area contributed by atoms with Crippen molar-refractivity contribution < 1.29 is 63.1 Å². The minimum Gasteiger partial charge on any atom is -1.00 e. The molecule has 2 rings (SSSR count). The first-order valence-corrected chi connectivity index (χ1v) is 6.99. The minimum atomic E-state index is -0.943. The summed E-state index contributed by atoms with van der Waals surface area (Å²) in [5.74, 6) is -1.89. The van der Waals surface area contributed by atoms with Crippen molar-refractivity contribution in [3.63, 3.8) is 0 Å². The van der Waals surface area contributed by atoms with Crippen LogP contribution in [-0.4, -0.2) is 31.5 Å². The molecule has 0 bridgehead atoms. The molecule has 0 aliphatic rings. The first kappa shape index (κ1) is 22.3. The van der Waals surface area contributed by atoms with Crippen LogP contribution in [0.4, 0.5) is 0 Å². The summed E-state index contributed by atoms with van der Waals surface area (Å²) in [5.41, 5.74) is 0.505. The van der Waals surface area contributed by atoms with Crippen LogP contribution in [-0.2, 0) is 27.2 Å². The fraction of sp³-hybridized carbons (Fsp3) is 0.429. The molecule has 0 fully saturated rings. The summed E-state index contributed by atoms with van der Waals surface area (Å²) in [6, 6.07) is 3.15. The maximum atomic E-state index is 11.0. The topological polar surface area (TPSA) is 92.2 Å². The van der Waals surface area contributed by atoms with Gasteiger partial charge in [-0.1, -0.05) is 0 Å². The zero-order valence-corrected chi connectivity index (χ0v) is 16.6. The molecule has 24 heavy (non-hydrogen) atoms. The molecular formula is C14H20Br2N4O4. The van der Waals surface area contributed by atoms with Gasteiger partial charge in [-0.2, -0.15) is 0 Å². The number of carboxylic acids is 2. The highest BCUT2D eigenvalue weighted by Gasteiger charge is 2.18. The molecular weight excluding hydrogens is 448 g/mol. The second kappa shape index (κ2) is 9.58. The number of hydrogen-bond acceptors (Lipinski definition) is 2. The van der Waals surface area contributed by atoms with E-state index in [0.717, 1.165) is 12.8 Å². The lowest BCUT2D eigenvalue weighted by atomic mass is 10.3. The van der Waals surface area contributed by atoms with Crippen molar-refractivity contribution in [2.24, 2.45) is 14.1 Å². The molecule has 0 saturated heterocycles. The van der Waals surface area contributed by atoms with E-state index in [4.69, 9.17) is 10.2 Å². The van der Waals surface area contributed by atoms with E-state index in [1.807, 2.05) is 9.36 Å². The maximum Gasteiger partial charge on any atom is 0.358 e. The average Bonchev–Trinajstić information content (AvgIpc) is 2.99. The summed E-state index contributed by atoms with van der Waals surface area (Å²) in [6.07, 6.45) is 5.23. The third-order valence-corrected chi connectivity index (χ3v) is 3.74. The Morgan fingerprint density at radius 1 is 0.875 bits per heavy atom. The molecule has 2 N–H and O–H groups in total. The predicted octanol–water partition coefficient (Wildman–Crippen LogP) is -6.18. The lowest BCUT2D eigenvalue weighted by Gasteiger charge is -2.00. The van der Waals surface area contributed by atoms with Crippen LogP contribution in [0.15, 0.2) is 24.5 Å². The molecule has 0 aliphatic carbocycles. The highest BCUT2D eigenvalue weighted by molar-refractivity contribution is 5.85. The molecule has 2 aromatic rings. The van der Waals surface area contributed by atoms with Crippen LogP contribution in [0, 0.1) is 0 Å². The second-order valence-electron chi connectivity index (χ2n) is 5.09. The van der Waals surface area contributed by atoms with E-state index < -0.39 is 11.9 Å². The average molecular weight is 468 g/mol. The van der Waals surface area contributed by atoms with Gasteiger partial charge >= 0.3 is 11.9 Å². The first-order valence-electron chi connectivity index (χ1n) is 6.99. The number of hydrogen-bond donors (Lipinski definition) is 2. The van der Waals surface area contributed by atoms with Crippen LogP contribution < -0.4 is 43.3 Å². The van der Waals surface area contributed by atoms with Gasteiger partial charge < -0.3 is 44.2 Å². The Bertz CT molecular complexity index is 651. The highest BCUT2D eigenvalue weighted by atomic mass is 79.9. The van der Waals surface area contributed by atoms with Crippen molar-refractivity contribution >= 4 is 11.9 Å². The van der Waals surface area contributed by atoms with Gasteiger partial charge in [-0.05, 0) is 0 Å². The van der Waals surface area contributed by atoms with Gasteiger partial charge in [0.2, 0.25) is 0 Å². The number of aromatic nitrogens is 4. The number of rotatable bonds is 7. The Balaban J connectivity index is 0.00000264. The van der Waals surface area contributed by atoms with Gasteiger partial charge in [0.25, 0.3) is 0 Å². The lowest BCUT2D eigenvalue weighted by molar-refractivity contribution is -0.783. The minimum absolute atomic E-state index is 0. The van der Waals surface area contributed by atoms with Gasteiger partial charge in [0.1, 0.15) is 0 Å². The number of nitrogens with zero attached hydrogens (tertiary/aromatic N) is 4. The first-order chi connectivity index (χ1) is 10.4. The van der Waals surface area contributed by atoms with Crippen molar-refractivity contribution in [3.05, 3.63) is 35.9 Å². The monoisotopic (exact) mass is 466 g/mol. The molecule has 0 radical (unpaired) electrons. The van der Waals surface area contributed by atoms with Crippen LogP contribution in [0.2, 0.25) is 0 Å². The number of unbranched alkanes of at least 4 members (excludes halogenated alkanes) is 1. The molecule has 0 amide bonds. The molecule has 134 valence electrons. The molecule has 0 aromatic carbocycles. The summed E-state index contributed by atoms with van der Waals surface area (Å²) in [6.45, 7) is 1.42. The van der Waals surface area contributed by atoms with Crippen molar-refractivity contribution in [1.82, 2.24) is 9.36 Å². The van der Waals surface area contributed by atoms with E-state index in [0.29, 0.717) is 13.1 Å². The molecule has 8 nitrogen and oxygen atoms in total. The van der Waals surface area contributed by atoms with Gasteiger partial charge in [-0.15, -0.1) is 18.7 Å². The predicted molar refractivity (Wildman–Crippen MR) is 74.4 cm³/mol. The smallest absolute Gasteiger partial charge is 0.358 e. The summed E-state index contributed by atoms with van der Waals surface area (Å²) in [7, 11) is 3.43. The van der Waals surface area contributed by atoms with Crippen LogP contribution in [0.3, 0.4) is 0 Å². The van der Waals surface area contributed by atoms with Gasteiger partial charge in [-0.25, -0.2) is 9.59 Å². The highest BCUT2D eigenvalue weighted by Crippen LogP contribution is 1.98. The zero-order valence-electron chi connectivity index (χ0n) is 13.4. The fourth-order valence-corrected chi connectivity index (χ4v) is 2.42. The van der Waals surface area contributed by atoms with E-state index in [-0.39, 0.29) is 45.4 Å². The van der Waals surface area contributed by atoms with Gasteiger partial charge in [-0.3, -0.25) is 0 Å². The molecule has 0 aliphatic heterocycles. The van der Waals surface area contributed by atoms with E-state index in [1.165, 1.54) is 0 Å². The second-order valence-corrected chi connectivity index (χ2v) is 5.09. The number of halogens is 2. The standard InChI is InChI=1S/C14H18N4O4.2BrH/c1-15-11(13(19)20)5-9-17(15)7-3-4-8-18-10-6-12(14(21)22)16(18)2;;/h5-6,9-10H,3-4,7-8H2,1-2H3;2*1H. The summed E-state index contributed by atoms with van der Waals surface area (Å²) in [4.78, 5) is 21.9. The van der Waals surface area contributed by atoms with Crippen molar-refractivity contribution in [2.75, 3.05) is 0 Å². The quantitative estimate of drug-likeness (QED) is 0.313. The molecule has 0 saturated carbocycles. The maximum absolute atomic E-state index is 11.0. The Morgan fingerprint density at radius 3 is 1.46 bits per heavy atom. The van der Waals surface area contributed by atoms with Crippen molar-refractivity contribution in [3.8, 4) is 0 Å². The Morgan fingerprint density at radius 2 is 1.21 bits per heavy atom. The van der Waals surface area contributed by atoms with E-state index in [2.05, 4.69) is 0 Å². The third kappa shape index (κ3) is 4.91. The van der Waals surface area contributed by atoms with E-state index in [9.17, 15) is 9.59 Å². The molecule has 2 aromatic heterocycles. The SMILES string of the molecule is Cn1c(C(=O)O)cc[n+]1CCCC[n+]1ccc(C(=O)O)n1C.[Br-].[Br-].